The number of rotatable bonds is 1. The number of benzene rings is 1. The van der Waals surface area contributed by atoms with Gasteiger partial charge < -0.3 is 0 Å². The Balaban J connectivity index is 2.12. The minimum Gasteiger partial charge on any atom is -0.222 e. The summed E-state index contributed by atoms with van der Waals surface area (Å²) >= 11 is 12.4. The summed E-state index contributed by atoms with van der Waals surface area (Å²) in [7, 11) is 0. The first-order valence-corrected chi connectivity index (χ1v) is 6.53. The molecule has 1 heterocycles. The lowest BCUT2D eigenvalue weighted by Gasteiger charge is -2.07. The predicted octanol–water partition coefficient (Wildman–Crippen LogP) is 4.06. The Morgan fingerprint density at radius 2 is 1.94 bits per heavy atom. The number of hydrogen-bond acceptors (Lipinski definition) is 1. The minimum atomic E-state index is 0.701. The van der Waals surface area contributed by atoms with Crippen LogP contribution in [0.5, 0.6) is 0 Å². The molecule has 88 valence electrons. The molecule has 0 fully saturated rings. The Labute approximate surface area is 110 Å². The third kappa shape index (κ3) is 1.96. The van der Waals surface area contributed by atoms with Gasteiger partial charge in [-0.1, -0.05) is 29.3 Å². The monoisotopic (exact) mass is 266 g/mol. The molecule has 2 nitrogen and oxygen atoms in total. The highest BCUT2D eigenvalue weighted by molar-refractivity contribution is 6.31. The van der Waals surface area contributed by atoms with E-state index in [0.717, 1.165) is 29.4 Å². The largest absolute Gasteiger partial charge is 0.222 e. The Bertz CT molecular complexity index is 561. The standard InChI is InChI=1S/C13H12Cl2N2/c14-9-4-3-5-10(8-9)17-13(15)11-6-1-2-7-12(11)16-17/h3-5,8H,1-2,6-7H2. The summed E-state index contributed by atoms with van der Waals surface area (Å²) < 4.78 is 1.80. The summed E-state index contributed by atoms with van der Waals surface area (Å²) in [6.45, 7) is 0. The molecule has 4 heteroatoms. The molecule has 0 bridgehead atoms. The maximum atomic E-state index is 6.39. The number of nitrogens with zero attached hydrogens (tertiary/aromatic N) is 2. The molecule has 1 aliphatic rings. The molecule has 0 radical (unpaired) electrons. The second-order valence-corrected chi connectivity index (χ2v) is 5.11. The van der Waals surface area contributed by atoms with Gasteiger partial charge in [-0.2, -0.15) is 5.10 Å². The van der Waals surface area contributed by atoms with Crippen LogP contribution in [0.25, 0.3) is 5.69 Å². The van der Waals surface area contributed by atoms with Crippen molar-refractivity contribution in [3.63, 3.8) is 0 Å². The summed E-state index contributed by atoms with van der Waals surface area (Å²) in [6, 6.07) is 7.61. The maximum absolute atomic E-state index is 6.39. The third-order valence-corrected chi connectivity index (χ3v) is 3.77. The van der Waals surface area contributed by atoms with Crippen LogP contribution in [0.2, 0.25) is 10.2 Å². The Morgan fingerprint density at radius 1 is 1.12 bits per heavy atom. The molecule has 0 amide bonds. The Kier molecular flexibility index (Phi) is 2.85. The fraction of sp³-hybridized carbons (Fsp3) is 0.308. The van der Waals surface area contributed by atoms with Crippen molar-refractivity contribution < 1.29 is 0 Å². The van der Waals surface area contributed by atoms with Crippen molar-refractivity contribution in [1.29, 1.82) is 0 Å². The number of fused-ring (bicyclic) bond motifs is 1. The molecule has 0 saturated carbocycles. The van der Waals surface area contributed by atoms with Gasteiger partial charge in [-0.3, -0.25) is 0 Å². The van der Waals surface area contributed by atoms with Gasteiger partial charge in [0, 0.05) is 10.6 Å². The Hall–Kier alpha value is -0.990. The van der Waals surface area contributed by atoms with Crippen molar-refractivity contribution in [2.24, 2.45) is 0 Å². The number of aryl methyl sites for hydroxylation is 1. The van der Waals surface area contributed by atoms with E-state index < -0.39 is 0 Å². The first-order chi connectivity index (χ1) is 8.25. The zero-order valence-electron chi connectivity index (χ0n) is 9.29. The Morgan fingerprint density at radius 3 is 2.71 bits per heavy atom. The van der Waals surface area contributed by atoms with Gasteiger partial charge in [0.25, 0.3) is 0 Å². The maximum Gasteiger partial charge on any atom is 0.136 e. The molecule has 2 aromatic rings. The van der Waals surface area contributed by atoms with Crippen molar-refractivity contribution in [1.82, 2.24) is 9.78 Å². The summed E-state index contributed by atoms with van der Waals surface area (Å²) in [6.07, 6.45) is 4.47. The number of aromatic nitrogens is 2. The summed E-state index contributed by atoms with van der Waals surface area (Å²) in [5.41, 5.74) is 3.27. The molecule has 0 saturated heterocycles. The third-order valence-electron chi connectivity index (χ3n) is 3.15. The predicted molar refractivity (Wildman–Crippen MR) is 70.2 cm³/mol. The molecule has 0 aliphatic heterocycles. The zero-order valence-corrected chi connectivity index (χ0v) is 10.8. The van der Waals surface area contributed by atoms with Crippen LogP contribution in [0.15, 0.2) is 24.3 Å². The first-order valence-electron chi connectivity index (χ1n) is 5.78. The van der Waals surface area contributed by atoms with E-state index in [2.05, 4.69) is 5.10 Å². The van der Waals surface area contributed by atoms with Crippen LogP contribution >= 0.6 is 23.2 Å². The highest BCUT2D eigenvalue weighted by Crippen LogP contribution is 2.30. The second kappa shape index (κ2) is 4.35. The van der Waals surface area contributed by atoms with E-state index >= 15 is 0 Å². The number of hydrogen-bond donors (Lipinski definition) is 0. The molecular weight excluding hydrogens is 255 g/mol. The molecule has 0 spiro atoms. The van der Waals surface area contributed by atoms with Gasteiger partial charge in [0.1, 0.15) is 5.15 Å². The van der Waals surface area contributed by atoms with Crippen LogP contribution in [0.3, 0.4) is 0 Å². The van der Waals surface area contributed by atoms with Crippen LogP contribution in [-0.2, 0) is 12.8 Å². The lowest BCUT2D eigenvalue weighted by molar-refractivity contribution is 0.671. The lowest BCUT2D eigenvalue weighted by Crippen LogP contribution is -2.00. The molecule has 1 aromatic carbocycles. The summed E-state index contributed by atoms with van der Waals surface area (Å²) in [5.74, 6) is 0. The van der Waals surface area contributed by atoms with E-state index in [0.29, 0.717) is 5.02 Å². The van der Waals surface area contributed by atoms with Crippen LogP contribution in [0, 0.1) is 0 Å². The molecule has 0 atom stereocenters. The second-order valence-electron chi connectivity index (χ2n) is 4.31. The highest BCUT2D eigenvalue weighted by atomic mass is 35.5. The van der Waals surface area contributed by atoms with Crippen LogP contribution in [-0.4, -0.2) is 9.78 Å². The van der Waals surface area contributed by atoms with Crippen molar-refractivity contribution in [3.8, 4) is 5.69 Å². The molecule has 1 aliphatic carbocycles. The van der Waals surface area contributed by atoms with Crippen molar-refractivity contribution in [3.05, 3.63) is 45.7 Å². The SMILES string of the molecule is Clc1cccc(-n2nc3c(c2Cl)CCCC3)c1. The molecule has 0 unspecified atom stereocenters. The van der Waals surface area contributed by atoms with E-state index in [-0.39, 0.29) is 0 Å². The normalized spacial score (nSPS) is 14.7. The van der Waals surface area contributed by atoms with Gasteiger partial charge in [0.2, 0.25) is 0 Å². The fourth-order valence-corrected chi connectivity index (χ4v) is 2.82. The average Bonchev–Trinajstić information content (AvgIpc) is 2.68. The van der Waals surface area contributed by atoms with Gasteiger partial charge in [-0.15, -0.1) is 0 Å². The first kappa shape index (κ1) is 11.1. The van der Waals surface area contributed by atoms with Gasteiger partial charge in [-0.05, 0) is 43.9 Å². The van der Waals surface area contributed by atoms with E-state index in [1.807, 2.05) is 24.3 Å². The van der Waals surface area contributed by atoms with Crippen LogP contribution < -0.4 is 0 Å². The van der Waals surface area contributed by atoms with Crippen molar-refractivity contribution in [2.45, 2.75) is 25.7 Å². The van der Waals surface area contributed by atoms with Crippen LogP contribution in [0.4, 0.5) is 0 Å². The molecule has 3 rings (SSSR count). The minimum absolute atomic E-state index is 0.701. The number of halogens is 2. The van der Waals surface area contributed by atoms with E-state index in [1.54, 1.807) is 4.68 Å². The molecule has 0 N–H and O–H groups in total. The smallest absolute Gasteiger partial charge is 0.136 e. The fourth-order valence-electron chi connectivity index (χ4n) is 2.29. The van der Waals surface area contributed by atoms with Crippen molar-refractivity contribution >= 4 is 23.2 Å². The van der Waals surface area contributed by atoms with Gasteiger partial charge in [0.05, 0.1) is 11.4 Å². The van der Waals surface area contributed by atoms with Crippen molar-refractivity contribution in [2.75, 3.05) is 0 Å². The average molecular weight is 267 g/mol. The summed E-state index contributed by atoms with van der Waals surface area (Å²) in [4.78, 5) is 0. The molecule has 1 aromatic heterocycles. The zero-order chi connectivity index (χ0) is 11.8. The quantitative estimate of drug-likeness (QED) is 0.761. The van der Waals surface area contributed by atoms with E-state index in [4.69, 9.17) is 23.2 Å². The molecule has 17 heavy (non-hydrogen) atoms. The lowest BCUT2D eigenvalue weighted by atomic mass is 9.99. The van der Waals surface area contributed by atoms with Gasteiger partial charge >= 0.3 is 0 Å². The van der Waals surface area contributed by atoms with E-state index in [9.17, 15) is 0 Å². The van der Waals surface area contributed by atoms with Gasteiger partial charge in [0.15, 0.2) is 0 Å². The van der Waals surface area contributed by atoms with Crippen LogP contribution in [0.1, 0.15) is 24.1 Å². The van der Waals surface area contributed by atoms with E-state index in [1.165, 1.54) is 18.4 Å². The van der Waals surface area contributed by atoms with Gasteiger partial charge in [-0.25, -0.2) is 4.68 Å². The summed E-state index contributed by atoms with van der Waals surface area (Å²) in [5, 5.41) is 6.03. The molecular formula is C13H12Cl2N2. The topological polar surface area (TPSA) is 17.8 Å². The highest BCUT2D eigenvalue weighted by Gasteiger charge is 2.19.